The number of benzene rings is 2. The number of nitrogens with zero attached hydrogens (tertiary/aromatic N) is 2. The number of hydrogen-bond acceptors (Lipinski definition) is 10. The number of pyridine rings is 1. The number of ether oxygens (including phenoxy) is 2. The Bertz CT molecular complexity index is 2360. The van der Waals surface area contributed by atoms with Gasteiger partial charge in [0.25, 0.3) is 5.91 Å². The minimum atomic E-state index is -3.92. The van der Waals surface area contributed by atoms with Crippen LogP contribution in [0.1, 0.15) is 67.2 Å². The van der Waals surface area contributed by atoms with Crippen molar-refractivity contribution >= 4 is 55.9 Å². The molecule has 3 fully saturated rings. The Balaban J connectivity index is 1.24. The molecule has 5 unspecified atom stereocenters. The SMILES string of the molecule is C=CC1CC1(NC(=O)C1CC(Oc2cc(-c3ccccc3)nc3c2oc2ccccc23)CN1C(=O)C(NC(=O)OC(C)(C)C)C(C)(C)C)C(=O)NS(=O)(=O)C1CC1. The minimum Gasteiger partial charge on any atom is -0.484 e. The number of alkyl carbamates (subject to hydrolysis) is 1. The molecule has 302 valence electrons. The summed E-state index contributed by atoms with van der Waals surface area (Å²) < 4.78 is 46.2. The molecule has 0 spiro atoms. The highest BCUT2D eigenvalue weighted by molar-refractivity contribution is 7.91. The first-order chi connectivity index (χ1) is 26.8. The number of amides is 4. The number of sulfonamides is 1. The lowest BCUT2D eigenvalue weighted by atomic mass is 9.85. The highest BCUT2D eigenvalue weighted by atomic mass is 32.2. The van der Waals surface area contributed by atoms with Crippen LogP contribution in [0.25, 0.3) is 33.3 Å². The molecule has 0 radical (unpaired) electrons. The maximum absolute atomic E-state index is 14.7. The van der Waals surface area contributed by atoms with Crippen LogP contribution in [0.2, 0.25) is 0 Å². The molecule has 15 heteroatoms. The number of aromatic nitrogens is 1. The summed E-state index contributed by atoms with van der Waals surface area (Å²) in [4.78, 5) is 62.1. The molecule has 3 aliphatic rings. The van der Waals surface area contributed by atoms with E-state index >= 15 is 0 Å². The Morgan fingerprint density at radius 2 is 1.70 bits per heavy atom. The predicted octanol–water partition coefficient (Wildman–Crippen LogP) is 5.61. The molecule has 2 aromatic carbocycles. The topological polar surface area (TPSA) is 186 Å². The number of hydrogen-bond donors (Lipinski definition) is 3. The van der Waals surface area contributed by atoms with E-state index in [0.29, 0.717) is 41.0 Å². The summed E-state index contributed by atoms with van der Waals surface area (Å²) in [6, 6.07) is 16.5. The summed E-state index contributed by atoms with van der Waals surface area (Å²) in [6.45, 7) is 14.2. The van der Waals surface area contributed by atoms with Crippen molar-refractivity contribution in [3.63, 3.8) is 0 Å². The van der Waals surface area contributed by atoms with Gasteiger partial charge in [-0.3, -0.25) is 19.1 Å². The summed E-state index contributed by atoms with van der Waals surface area (Å²) >= 11 is 0. The quantitative estimate of drug-likeness (QED) is 0.161. The first-order valence-corrected chi connectivity index (χ1v) is 20.7. The largest absolute Gasteiger partial charge is 0.484 e. The van der Waals surface area contributed by atoms with E-state index in [0.717, 1.165) is 10.9 Å². The van der Waals surface area contributed by atoms with E-state index in [4.69, 9.17) is 18.9 Å². The van der Waals surface area contributed by atoms with Crippen molar-refractivity contribution in [3.05, 3.63) is 73.3 Å². The lowest BCUT2D eigenvalue weighted by molar-refractivity contribution is -0.143. The van der Waals surface area contributed by atoms with Gasteiger partial charge in [-0.1, -0.05) is 69.3 Å². The Hall–Kier alpha value is -5.44. The maximum atomic E-state index is 14.7. The fourth-order valence-electron chi connectivity index (χ4n) is 7.31. The molecule has 1 aliphatic heterocycles. The molecule has 4 amide bonds. The number of likely N-dealkylation sites (tertiary alicyclic amines) is 1. The van der Waals surface area contributed by atoms with Gasteiger partial charge >= 0.3 is 6.09 Å². The lowest BCUT2D eigenvalue weighted by Crippen LogP contribution is -2.60. The van der Waals surface area contributed by atoms with Gasteiger partial charge in [-0.15, -0.1) is 6.58 Å². The molecule has 14 nitrogen and oxygen atoms in total. The number of furan rings is 1. The van der Waals surface area contributed by atoms with Gasteiger partial charge in [-0.25, -0.2) is 18.2 Å². The monoisotopic (exact) mass is 799 g/mol. The lowest BCUT2D eigenvalue weighted by Gasteiger charge is -2.36. The van der Waals surface area contributed by atoms with Gasteiger partial charge in [0, 0.05) is 29.4 Å². The summed E-state index contributed by atoms with van der Waals surface area (Å²) in [7, 11) is -3.92. The molecule has 3 N–H and O–H groups in total. The summed E-state index contributed by atoms with van der Waals surface area (Å²) in [5, 5.41) is 5.66. The van der Waals surface area contributed by atoms with Crippen LogP contribution in [0.15, 0.2) is 77.7 Å². The first-order valence-electron chi connectivity index (χ1n) is 19.1. The van der Waals surface area contributed by atoms with Crippen LogP contribution in [0, 0.1) is 11.3 Å². The van der Waals surface area contributed by atoms with Crippen LogP contribution < -0.4 is 20.1 Å². The van der Waals surface area contributed by atoms with E-state index in [1.165, 1.54) is 11.0 Å². The van der Waals surface area contributed by atoms with E-state index in [1.54, 1.807) is 47.6 Å². The maximum Gasteiger partial charge on any atom is 0.408 e. The van der Waals surface area contributed by atoms with Crippen molar-refractivity contribution in [2.24, 2.45) is 11.3 Å². The molecule has 4 aromatic rings. The Morgan fingerprint density at radius 1 is 1.02 bits per heavy atom. The van der Waals surface area contributed by atoms with E-state index in [9.17, 15) is 27.6 Å². The van der Waals surface area contributed by atoms with Gasteiger partial charge in [-0.2, -0.15) is 0 Å². The molecule has 2 saturated carbocycles. The fraction of sp³-hybridized carbons (Fsp3) is 0.452. The zero-order chi connectivity index (χ0) is 41.1. The molecule has 2 aliphatic carbocycles. The third-order valence-corrected chi connectivity index (χ3v) is 12.3. The van der Waals surface area contributed by atoms with Gasteiger partial charge < -0.3 is 29.4 Å². The fourth-order valence-corrected chi connectivity index (χ4v) is 8.67. The normalized spacial score (nSPS) is 22.8. The minimum absolute atomic E-state index is 0.0115. The molecular weight excluding hydrogens is 751 g/mol. The number of carbonyl (C=O) groups is 4. The predicted molar refractivity (Wildman–Crippen MR) is 213 cm³/mol. The van der Waals surface area contributed by atoms with Crippen molar-refractivity contribution in [2.75, 3.05) is 6.54 Å². The third kappa shape index (κ3) is 8.20. The first kappa shape index (κ1) is 39.8. The Morgan fingerprint density at radius 3 is 2.33 bits per heavy atom. The number of fused-ring (bicyclic) bond motifs is 3. The molecule has 0 bridgehead atoms. The van der Waals surface area contributed by atoms with Crippen LogP contribution in [0.5, 0.6) is 5.75 Å². The smallest absolute Gasteiger partial charge is 0.408 e. The van der Waals surface area contributed by atoms with E-state index < -0.39 is 79.7 Å². The van der Waals surface area contributed by atoms with E-state index in [2.05, 4.69) is 21.9 Å². The molecule has 3 heterocycles. The summed E-state index contributed by atoms with van der Waals surface area (Å²) in [5.74, 6) is -2.30. The average Bonchev–Trinajstić information content (AvgIpc) is 4.04. The van der Waals surface area contributed by atoms with Crippen molar-refractivity contribution in [3.8, 4) is 17.0 Å². The van der Waals surface area contributed by atoms with E-state index in [-0.39, 0.29) is 19.4 Å². The number of para-hydroxylation sites is 1. The van der Waals surface area contributed by atoms with E-state index in [1.807, 2.05) is 54.6 Å². The Kier molecular flexibility index (Phi) is 10.1. The number of rotatable bonds is 11. The summed E-state index contributed by atoms with van der Waals surface area (Å²) in [5.41, 5.74) is -0.235. The molecule has 2 aromatic heterocycles. The van der Waals surface area contributed by atoms with Gasteiger partial charge in [0.1, 0.15) is 40.4 Å². The number of nitrogens with one attached hydrogen (secondary N) is 3. The second-order valence-electron chi connectivity index (χ2n) is 17.3. The number of carbonyl (C=O) groups excluding carboxylic acids is 4. The van der Waals surface area contributed by atoms with Crippen molar-refractivity contribution in [1.82, 2.24) is 25.2 Å². The van der Waals surface area contributed by atoms with Crippen LogP contribution in [0.4, 0.5) is 4.79 Å². The van der Waals surface area contributed by atoms with Crippen LogP contribution in [-0.2, 0) is 29.1 Å². The zero-order valence-electron chi connectivity index (χ0n) is 33.0. The van der Waals surface area contributed by atoms with Crippen LogP contribution in [-0.4, -0.2) is 83.2 Å². The molecule has 7 rings (SSSR count). The third-order valence-electron chi connectivity index (χ3n) is 10.5. The average molecular weight is 800 g/mol. The zero-order valence-corrected chi connectivity index (χ0v) is 33.8. The molecule has 5 atom stereocenters. The highest BCUT2D eigenvalue weighted by Crippen LogP contribution is 2.46. The molecule has 57 heavy (non-hydrogen) atoms. The van der Waals surface area contributed by atoms with Crippen molar-refractivity contribution < 1.29 is 41.5 Å². The van der Waals surface area contributed by atoms with Crippen molar-refractivity contribution in [2.45, 2.75) is 102 Å². The van der Waals surface area contributed by atoms with Crippen LogP contribution in [0.3, 0.4) is 0 Å². The second kappa shape index (κ2) is 14.5. The second-order valence-corrected chi connectivity index (χ2v) is 19.2. The standard InChI is InChI=1S/C42H49N5O9S/c1-8-25-22-42(25,38(50)46-57(52,53)27-18-19-27)45-36(48)30-20-26(23-47(30)37(49)35(40(2,3)4)44-39(51)56-41(5,6)7)54-32-21-29(24-14-10-9-11-15-24)43-33-28-16-12-13-17-31(28)55-34(32)33/h8-17,21,25-27,30,35H,1,18-20,22-23H2,2-7H3,(H,44,51)(H,45,48)(H,46,50). The van der Waals surface area contributed by atoms with Gasteiger partial charge in [0.15, 0.2) is 11.3 Å². The van der Waals surface area contributed by atoms with Crippen LogP contribution >= 0.6 is 0 Å². The van der Waals surface area contributed by atoms with Gasteiger partial charge in [0.05, 0.1) is 17.5 Å². The summed E-state index contributed by atoms with van der Waals surface area (Å²) in [6.07, 6.45) is 0.934. The van der Waals surface area contributed by atoms with Gasteiger partial charge in [-0.05, 0) is 57.6 Å². The highest BCUT2D eigenvalue weighted by Gasteiger charge is 2.62. The van der Waals surface area contributed by atoms with Crippen molar-refractivity contribution in [1.29, 1.82) is 0 Å². The molecular formula is C42H49N5O9S. The Labute approximate surface area is 331 Å². The molecule has 1 saturated heterocycles. The van der Waals surface area contributed by atoms with Gasteiger partial charge in [0.2, 0.25) is 21.8 Å².